The van der Waals surface area contributed by atoms with Crippen molar-refractivity contribution in [1.29, 1.82) is 0 Å². The lowest BCUT2D eigenvalue weighted by Crippen LogP contribution is -2.36. The van der Waals surface area contributed by atoms with Crippen LogP contribution in [-0.2, 0) is 0 Å². The van der Waals surface area contributed by atoms with Gasteiger partial charge in [-0.25, -0.2) is 0 Å². The zero-order valence-electron chi connectivity index (χ0n) is 9.41. The molecule has 1 heterocycles. The van der Waals surface area contributed by atoms with E-state index >= 15 is 0 Å². The summed E-state index contributed by atoms with van der Waals surface area (Å²) >= 11 is 0. The van der Waals surface area contributed by atoms with Crippen LogP contribution in [-0.4, -0.2) is 34.7 Å². The van der Waals surface area contributed by atoms with Crippen LogP contribution in [0.5, 0.6) is 0 Å². The predicted octanol–water partition coefficient (Wildman–Crippen LogP) is 2.09. The van der Waals surface area contributed by atoms with Crippen molar-refractivity contribution in [3.05, 3.63) is 11.6 Å². The number of β-amino-alcohol motifs (C(OH)–C–C–N with tert-alkyl or cyclic N) is 1. The molecule has 0 bridgehead atoms. The quantitative estimate of drug-likeness (QED) is 0.701. The molecule has 1 N–H and O–H groups in total. The minimum Gasteiger partial charge on any atom is -0.384 e. The van der Waals surface area contributed by atoms with Crippen molar-refractivity contribution in [3.63, 3.8) is 0 Å². The predicted molar refractivity (Wildman–Crippen MR) is 60.7 cm³/mol. The summed E-state index contributed by atoms with van der Waals surface area (Å²) in [6.45, 7) is 2.02. The van der Waals surface area contributed by atoms with E-state index in [4.69, 9.17) is 0 Å². The smallest absolute Gasteiger partial charge is 0.0995 e. The third-order valence-corrected chi connectivity index (χ3v) is 4.23. The Morgan fingerprint density at radius 3 is 2.87 bits per heavy atom. The standard InChI is InChI=1S/C13H21NO/c15-13(11-4-2-1-3-5-11)8-9-14(10-13)12-6-7-12/h4,12,15H,1-3,5-10H2. The van der Waals surface area contributed by atoms with E-state index in [0.29, 0.717) is 0 Å². The van der Waals surface area contributed by atoms with Crippen LogP contribution >= 0.6 is 0 Å². The third-order valence-electron chi connectivity index (χ3n) is 4.23. The van der Waals surface area contributed by atoms with Crippen molar-refractivity contribution < 1.29 is 5.11 Å². The SMILES string of the molecule is OC1(C2=CCCCC2)CCN(C2CC2)C1. The molecule has 3 rings (SSSR count). The summed E-state index contributed by atoms with van der Waals surface area (Å²) in [5.74, 6) is 0. The van der Waals surface area contributed by atoms with Gasteiger partial charge in [-0.1, -0.05) is 6.08 Å². The first-order valence-electron chi connectivity index (χ1n) is 6.44. The van der Waals surface area contributed by atoms with Crippen LogP contribution in [0.25, 0.3) is 0 Å². The molecule has 0 spiro atoms. The fraction of sp³-hybridized carbons (Fsp3) is 0.846. The van der Waals surface area contributed by atoms with Gasteiger partial charge in [-0.05, 0) is 50.5 Å². The Balaban J connectivity index is 1.70. The second-order valence-electron chi connectivity index (χ2n) is 5.46. The Hall–Kier alpha value is -0.340. The summed E-state index contributed by atoms with van der Waals surface area (Å²) < 4.78 is 0. The molecular weight excluding hydrogens is 186 g/mol. The molecule has 2 fully saturated rings. The molecule has 1 saturated carbocycles. The number of likely N-dealkylation sites (tertiary alicyclic amines) is 1. The van der Waals surface area contributed by atoms with Gasteiger partial charge in [-0.2, -0.15) is 0 Å². The van der Waals surface area contributed by atoms with Crippen LogP contribution in [0.3, 0.4) is 0 Å². The minimum atomic E-state index is -0.455. The second-order valence-corrected chi connectivity index (χ2v) is 5.46. The molecule has 84 valence electrons. The molecular formula is C13H21NO. The molecule has 2 aliphatic carbocycles. The molecule has 15 heavy (non-hydrogen) atoms. The Morgan fingerprint density at radius 2 is 2.20 bits per heavy atom. The van der Waals surface area contributed by atoms with Gasteiger partial charge < -0.3 is 5.11 Å². The lowest BCUT2D eigenvalue weighted by molar-refractivity contribution is 0.0797. The summed E-state index contributed by atoms with van der Waals surface area (Å²) in [4.78, 5) is 2.50. The normalized spacial score (nSPS) is 38.1. The average molecular weight is 207 g/mol. The zero-order chi connectivity index (χ0) is 10.3. The van der Waals surface area contributed by atoms with Gasteiger partial charge in [-0.3, -0.25) is 4.90 Å². The first-order chi connectivity index (χ1) is 7.28. The van der Waals surface area contributed by atoms with Crippen molar-refractivity contribution in [3.8, 4) is 0 Å². The summed E-state index contributed by atoms with van der Waals surface area (Å²) in [7, 11) is 0. The summed E-state index contributed by atoms with van der Waals surface area (Å²) in [6.07, 6.45) is 10.9. The number of rotatable bonds is 2. The van der Waals surface area contributed by atoms with E-state index in [1.165, 1.54) is 37.7 Å². The highest BCUT2D eigenvalue weighted by molar-refractivity contribution is 5.22. The van der Waals surface area contributed by atoms with Crippen molar-refractivity contribution in [1.82, 2.24) is 4.90 Å². The second kappa shape index (κ2) is 3.60. The lowest BCUT2D eigenvalue weighted by Gasteiger charge is -2.29. The average Bonchev–Trinajstić information content (AvgIpc) is 3.04. The fourth-order valence-electron chi connectivity index (χ4n) is 3.10. The number of aliphatic hydroxyl groups is 1. The maximum atomic E-state index is 10.7. The molecule has 1 aliphatic heterocycles. The van der Waals surface area contributed by atoms with E-state index in [1.54, 1.807) is 0 Å². The minimum absolute atomic E-state index is 0.455. The van der Waals surface area contributed by atoms with E-state index in [-0.39, 0.29) is 0 Å². The molecule has 1 atom stereocenters. The lowest BCUT2D eigenvalue weighted by atomic mass is 9.85. The molecule has 1 saturated heterocycles. The van der Waals surface area contributed by atoms with Gasteiger partial charge in [0.25, 0.3) is 0 Å². The van der Waals surface area contributed by atoms with Gasteiger partial charge in [0.2, 0.25) is 0 Å². The molecule has 0 aromatic rings. The van der Waals surface area contributed by atoms with Gasteiger partial charge in [0, 0.05) is 19.1 Å². The van der Waals surface area contributed by atoms with Gasteiger partial charge in [-0.15, -0.1) is 0 Å². The van der Waals surface area contributed by atoms with Crippen LogP contribution in [0.2, 0.25) is 0 Å². The van der Waals surface area contributed by atoms with Crippen LogP contribution < -0.4 is 0 Å². The molecule has 2 nitrogen and oxygen atoms in total. The van der Waals surface area contributed by atoms with Crippen molar-refractivity contribution >= 4 is 0 Å². The van der Waals surface area contributed by atoms with Crippen molar-refractivity contribution in [2.45, 2.75) is 56.6 Å². The van der Waals surface area contributed by atoms with Crippen molar-refractivity contribution in [2.24, 2.45) is 0 Å². The number of allylic oxidation sites excluding steroid dienone is 1. The number of hydrogen-bond donors (Lipinski definition) is 1. The van der Waals surface area contributed by atoms with Crippen LogP contribution in [0.4, 0.5) is 0 Å². The van der Waals surface area contributed by atoms with E-state index < -0.39 is 5.60 Å². The fourth-order valence-corrected chi connectivity index (χ4v) is 3.10. The molecule has 0 amide bonds. The van der Waals surface area contributed by atoms with Gasteiger partial charge in [0.1, 0.15) is 0 Å². The van der Waals surface area contributed by atoms with Crippen LogP contribution in [0.1, 0.15) is 44.9 Å². The Bertz CT molecular complexity index is 282. The summed E-state index contributed by atoms with van der Waals surface area (Å²) in [5, 5.41) is 10.7. The van der Waals surface area contributed by atoms with Gasteiger partial charge in [0.05, 0.1) is 5.60 Å². The largest absolute Gasteiger partial charge is 0.384 e. The first kappa shape index (κ1) is 9.86. The van der Waals surface area contributed by atoms with Crippen molar-refractivity contribution in [2.75, 3.05) is 13.1 Å². The maximum absolute atomic E-state index is 10.7. The van der Waals surface area contributed by atoms with Crippen LogP contribution in [0.15, 0.2) is 11.6 Å². The monoisotopic (exact) mass is 207 g/mol. The molecule has 0 aromatic carbocycles. The Labute approximate surface area is 92.0 Å². The highest BCUT2D eigenvalue weighted by Crippen LogP contribution is 2.39. The third kappa shape index (κ3) is 1.85. The molecule has 3 aliphatic rings. The topological polar surface area (TPSA) is 23.5 Å². The molecule has 0 radical (unpaired) electrons. The van der Waals surface area contributed by atoms with E-state index in [2.05, 4.69) is 11.0 Å². The number of nitrogens with zero attached hydrogens (tertiary/aromatic N) is 1. The Kier molecular flexibility index (Phi) is 2.37. The number of hydrogen-bond acceptors (Lipinski definition) is 2. The molecule has 1 unspecified atom stereocenters. The first-order valence-corrected chi connectivity index (χ1v) is 6.44. The van der Waals surface area contributed by atoms with Gasteiger partial charge >= 0.3 is 0 Å². The van der Waals surface area contributed by atoms with Crippen LogP contribution in [0, 0.1) is 0 Å². The van der Waals surface area contributed by atoms with E-state index in [1.807, 2.05) is 0 Å². The van der Waals surface area contributed by atoms with E-state index in [0.717, 1.165) is 32.0 Å². The summed E-state index contributed by atoms with van der Waals surface area (Å²) in [6, 6.07) is 0.809. The highest BCUT2D eigenvalue weighted by Gasteiger charge is 2.43. The molecule has 0 aromatic heterocycles. The molecule has 2 heteroatoms. The zero-order valence-corrected chi connectivity index (χ0v) is 9.41. The van der Waals surface area contributed by atoms with E-state index in [9.17, 15) is 5.11 Å². The Morgan fingerprint density at radius 1 is 1.33 bits per heavy atom. The summed E-state index contributed by atoms with van der Waals surface area (Å²) in [5.41, 5.74) is 0.889. The van der Waals surface area contributed by atoms with Gasteiger partial charge in [0.15, 0.2) is 0 Å². The highest BCUT2D eigenvalue weighted by atomic mass is 16.3. The maximum Gasteiger partial charge on any atom is 0.0995 e.